The molecule has 114 valence electrons. The van der Waals surface area contributed by atoms with Gasteiger partial charge in [-0.05, 0) is 18.6 Å². The van der Waals surface area contributed by atoms with Gasteiger partial charge in [-0.3, -0.25) is 0 Å². The van der Waals surface area contributed by atoms with E-state index in [0.29, 0.717) is 17.7 Å². The summed E-state index contributed by atoms with van der Waals surface area (Å²) in [6, 6.07) is 18.2. The maximum absolute atomic E-state index is 12.0. The van der Waals surface area contributed by atoms with Crippen LogP contribution in [0.15, 0.2) is 65.8 Å². The highest BCUT2D eigenvalue weighted by molar-refractivity contribution is 5.97. The van der Waals surface area contributed by atoms with E-state index in [0.717, 1.165) is 0 Å². The van der Waals surface area contributed by atoms with E-state index in [2.05, 4.69) is 5.16 Å². The SMILES string of the molecule is CC[C@@H](Oc1ccccc1)C(=O)O/N=C(/N)c1ccccc1. The monoisotopic (exact) mass is 298 g/mol. The molecule has 1 atom stereocenters. The topological polar surface area (TPSA) is 73.9 Å². The maximum Gasteiger partial charge on any atom is 0.375 e. The molecule has 0 heterocycles. The van der Waals surface area contributed by atoms with Gasteiger partial charge >= 0.3 is 5.97 Å². The molecule has 2 rings (SSSR count). The highest BCUT2D eigenvalue weighted by Crippen LogP contribution is 2.13. The number of ether oxygens (including phenoxy) is 1. The summed E-state index contributed by atoms with van der Waals surface area (Å²) in [6.07, 6.45) is -0.260. The third-order valence-electron chi connectivity index (χ3n) is 2.96. The van der Waals surface area contributed by atoms with E-state index in [-0.39, 0.29) is 5.84 Å². The van der Waals surface area contributed by atoms with Gasteiger partial charge in [-0.15, -0.1) is 0 Å². The zero-order valence-corrected chi connectivity index (χ0v) is 12.3. The Balaban J connectivity index is 1.98. The van der Waals surface area contributed by atoms with Crippen LogP contribution in [0.25, 0.3) is 0 Å². The van der Waals surface area contributed by atoms with Crippen molar-refractivity contribution < 1.29 is 14.4 Å². The zero-order valence-electron chi connectivity index (χ0n) is 12.3. The minimum atomic E-state index is -0.727. The molecule has 0 fully saturated rings. The van der Waals surface area contributed by atoms with Crippen molar-refractivity contribution in [1.29, 1.82) is 0 Å². The Morgan fingerprint density at radius 2 is 1.68 bits per heavy atom. The molecular formula is C17H18N2O3. The molecule has 5 nitrogen and oxygen atoms in total. The first kappa shape index (κ1) is 15.6. The predicted molar refractivity (Wildman–Crippen MR) is 84.4 cm³/mol. The van der Waals surface area contributed by atoms with Gasteiger partial charge in [0.25, 0.3) is 0 Å². The van der Waals surface area contributed by atoms with Crippen LogP contribution in [0.2, 0.25) is 0 Å². The van der Waals surface area contributed by atoms with E-state index in [1.165, 1.54) is 0 Å². The van der Waals surface area contributed by atoms with Crippen molar-refractivity contribution in [1.82, 2.24) is 0 Å². The van der Waals surface area contributed by atoms with Gasteiger partial charge in [-0.1, -0.05) is 60.6 Å². The largest absolute Gasteiger partial charge is 0.479 e. The predicted octanol–water partition coefficient (Wildman–Crippen LogP) is 2.71. The van der Waals surface area contributed by atoms with Crippen LogP contribution in [0, 0.1) is 0 Å². The first-order valence-electron chi connectivity index (χ1n) is 7.02. The molecule has 2 N–H and O–H groups in total. The molecule has 5 heteroatoms. The van der Waals surface area contributed by atoms with E-state index < -0.39 is 12.1 Å². The molecule has 0 aliphatic heterocycles. The van der Waals surface area contributed by atoms with Crippen molar-refractivity contribution in [3.05, 3.63) is 66.2 Å². The van der Waals surface area contributed by atoms with Crippen LogP contribution in [0.5, 0.6) is 5.75 Å². The molecule has 2 aromatic carbocycles. The van der Waals surface area contributed by atoms with E-state index in [9.17, 15) is 4.79 Å². The molecule has 0 aromatic heterocycles. The minimum absolute atomic E-state index is 0.142. The lowest BCUT2D eigenvalue weighted by Crippen LogP contribution is -2.28. The van der Waals surface area contributed by atoms with E-state index in [4.69, 9.17) is 15.3 Å². The molecular weight excluding hydrogens is 280 g/mol. The molecule has 0 bridgehead atoms. The number of amidine groups is 1. The number of benzene rings is 2. The van der Waals surface area contributed by atoms with E-state index in [1.54, 1.807) is 24.3 Å². The molecule has 0 saturated heterocycles. The zero-order chi connectivity index (χ0) is 15.8. The second-order valence-electron chi connectivity index (χ2n) is 4.58. The molecule has 2 aromatic rings. The normalized spacial score (nSPS) is 12.5. The van der Waals surface area contributed by atoms with Crippen LogP contribution in [0.4, 0.5) is 0 Å². The summed E-state index contributed by atoms with van der Waals surface area (Å²) in [5.41, 5.74) is 6.46. The van der Waals surface area contributed by atoms with E-state index >= 15 is 0 Å². The van der Waals surface area contributed by atoms with Crippen LogP contribution < -0.4 is 10.5 Å². The molecule has 0 saturated carbocycles. The second-order valence-corrected chi connectivity index (χ2v) is 4.58. The minimum Gasteiger partial charge on any atom is -0.479 e. The Morgan fingerprint density at radius 1 is 1.09 bits per heavy atom. The number of carbonyl (C=O) groups is 1. The lowest BCUT2D eigenvalue weighted by molar-refractivity contribution is -0.152. The van der Waals surface area contributed by atoms with Crippen molar-refractivity contribution >= 4 is 11.8 Å². The summed E-state index contributed by atoms with van der Waals surface area (Å²) in [5, 5.41) is 3.67. The number of carbonyl (C=O) groups excluding carboxylic acids is 1. The average Bonchev–Trinajstić information content (AvgIpc) is 2.59. The Bertz CT molecular complexity index is 627. The second kappa shape index (κ2) is 7.83. The molecule has 0 amide bonds. The van der Waals surface area contributed by atoms with Crippen LogP contribution in [0.3, 0.4) is 0 Å². The fourth-order valence-electron chi connectivity index (χ4n) is 1.78. The van der Waals surface area contributed by atoms with Crippen molar-refractivity contribution in [2.24, 2.45) is 10.9 Å². The Morgan fingerprint density at radius 3 is 2.27 bits per heavy atom. The van der Waals surface area contributed by atoms with Gasteiger partial charge in [0.1, 0.15) is 5.75 Å². The lowest BCUT2D eigenvalue weighted by Gasteiger charge is -2.14. The molecule has 0 aliphatic rings. The first-order chi connectivity index (χ1) is 10.7. The standard InChI is InChI=1S/C17H18N2O3/c1-2-15(21-14-11-7-4-8-12-14)17(20)22-19-16(18)13-9-5-3-6-10-13/h3-12,15H,2H2,1H3,(H2,18,19)/t15-/m1/s1. The Labute approximate surface area is 129 Å². The quantitative estimate of drug-likeness (QED) is 0.385. The first-order valence-corrected chi connectivity index (χ1v) is 7.02. The van der Waals surface area contributed by atoms with E-state index in [1.807, 2.05) is 43.3 Å². The molecule has 0 radical (unpaired) electrons. The van der Waals surface area contributed by atoms with Gasteiger partial charge in [0, 0.05) is 5.56 Å². The van der Waals surface area contributed by atoms with Crippen molar-refractivity contribution in [3.63, 3.8) is 0 Å². The maximum atomic E-state index is 12.0. The summed E-state index contributed by atoms with van der Waals surface area (Å²) in [7, 11) is 0. The molecule has 0 spiro atoms. The van der Waals surface area contributed by atoms with Crippen LogP contribution in [-0.4, -0.2) is 17.9 Å². The molecule has 0 unspecified atom stereocenters. The van der Waals surface area contributed by atoms with Crippen molar-refractivity contribution in [3.8, 4) is 5.75 Å². The fourth-order valence-corrected chi connectivity index (χ4v) is 1.78. The fraction of sp³-hybridized carbons (Fsp3) is 0.176. The Hall–Kier alpha value is -2.82. The lowest BCUT2D eigenvalue weighted by atomic mass is 10.2. The number of rotatable bonds is 6. The van der Waals surface area contributed by atoms with Gasteiger partial charge in [0.15, 0.2) is 11.9 Å². The number of nitrogens with zero attached hydrogens (tertiary/aromatic N) is 1. The van der Waals surface area contributed by atoms with Gasteiger partial charge in [-0.2, -0.15) is 0 Å². The summed E-state index contributed by atoms with van der Waals surface area (Å²) < 4.78 is 5.58. The van der Waals surface area contributed by atoms with Gasteiger partial charge in [-0.25, -0.2) is 4.79 Å². The summed E-state index contributed by atoms with van der Waals surface area (Å²) in [5.74, 6) is 0.167. The summed E-state index contributed by atoms with van der Waals surface area (Å²) in [4.78, 5) is 16.9. The number of hydrogen-bond acceptors (Lipinski definition) is 4. The highest BCUT2D eigenvalue weighted by Gasteiger charge is 2.20. The summed E-state index contributed by atoms with van der Waals surface area (Å²) in [6.45, 7) is 1.83. The third kappa shape index (κ3) is 4.34. The van der Waals surface area contributed by atoms with Crippen molar-refractivity contribution in [2.45, 2.75) is 19.4 Å². The number of hydrogen-bond donors (Lipinski definition) is 1. The van der Waals surface area contributed by atoms with Crippen LogP contribution >= 0.6 is 0 Å². The number of oxime groups is 1. The molecule has 0 aliphatic carbocycles. The van der Waals surface area contributed by atoms with Gasteiger partial charge in [0.05, 0.1) is 0 Å². The number of para-hydroxylation sites is 1. The number of nitrogens with two attached hydrogens (primary N) is 1. The summed E-state index contributed by atoms with van der Waals surface area (Å²) >= 11 is 0. The highest BCUT2D eigenvalue weighted by atomic mass is 16.7. The smallest absolute Gasteiger partial charge is 0.375 e. The van der Waals surface area contributed by atoms with Gasteiger partial charge in [0.2, 0.25) is 0 Å². The third-order valence-corrected chi connectivity index (χ3v) is 2.96. The van der Waals surface area contributed by atoms with Crippen LogP contribution in [0.1, 0.15) is 18.9 Å². The van der Waals surface area contributed by atoms with Crippen LogP contribution in [-0.2, 0) is 9.63 Å². The molecule has 22 heavy (non-hydrogen) atoms. The van der Waals surface area contributed by atoms with Gasteiger partial charge < -0.3 is 15.3 Å². The average molecular weight is 298 g/mol. The van der Waals surface area contributed by atoms with Crippen molar-refractivity contribution in [2.75, 3.05) is 0 Å². The Kier molecular flexibility index (Phi) is 5.54.